The summed E-state index contributed by atoms with van der Waals surface area (Å²) in [5.41, 5.74) is 0.879. The molecular weight excluding hydrogens is 560 g/mol. The predicted molar refractivity (Wildman–Crippen MR) is 166 cm³/mol. The zero-order valence-electron chi connectivity index (χ0n) is 24.9. The van der Waals surface area contributed by atoms with Crippen LogP contribution >= 0.6 is 11.6 Å². The second-order valence-corrected chi connectivity index (χ2v) is 11.5. The largest absolute Gasteiger partial charge is 0.481 e. The van der Waals surface area contributed by atoms with Crippen molar-refractivity contribution in [3.05, 3.63) is 83.5 Å². The van der Waals surface area contributed by atoms with E-state index < -0.39 is 54.3 Å². The summed E-state index contributed by atoms with van der Waals surface area (Å²) < 4.78 is 5.23. The maximum atomic E-state index is 12.0. The summed E-state index contributed by atoms with van der Waals surface area (Å²) in [6.07, 6.45) is 17.0. The Bertz CT molecular complexity index is 1050. The molecule has 0 aromatic carbocycles. The van der Waals surface area contributed by atoms with Crippen LogP contribution < -0.4 is 0 Å². The Labute approximate surface area is 254 Å². The average molecular weight is 607 g/mol. The van der Waals surface area contributed by atoms with Gasteiger partial charge in [-0.05, 0) is 38.2 Å². The Kier molecular flexibility index (Phi) is 17.9. The molecule has 0 aromatic heterocycles. The molecule has 7 unspecified atom stereocenters. The molecule has 0 radical (unpaired) electrons. The van der Waals surface area contributed by atoms with Crippen LogP contribution in [0.5, 0.6) is 0 Å². The van der Waals surface area contributed by atoms with E-state index in [1.54, 1.807) is 49.5 Å². The van der Waals surface area contributed by atoms with E-state index in [0.717, 1.165) is 5.57 Å². The Balaban J connectivity index is 2.50. The minimum atomic E-state index is -0.954. The van der Waals surface area contributed by atoms with Crippen LogP contribution in [0.3, 0.4) is 0 Å². The van der Waals surface area contributed by atoms with Crippen LogP contribution in [-0.2, 0) is 14.3 Å². The molecule has 0 aliphatic heterocycles. The van der Waals surface area contributed by atoms with E-state index in [2.05, 4.69) is 13.8 Å². The zero-order valence-corrected chi connectivity index (χ0v) is 25.7. The lowest BCUT2D eigenvalue weighted by molar-refractivity contribution is -0.159. The van der Waals surface area contributed by atoms with E-state index >= 15 is 0 Å². The fraction of sp³-hybridized carbons (Fsp3) is 0.515. The third-order valence-electron chi connectivity index (χ3n) is 6.78. The Morgan fingerprint density at radius 2 is 1.55 bits per heavy atom. The number of ether oxygens (including phenoxy) is 1. The fourth-order valence-corrected chi connectivity index (χ4v) is 4.37. The third-order valence-corrected chi connectivity index (χ3v) is 7.25. The van der Waals surface area contributed by atoms with Crippen LogP contribution in [-0.4, -0.2) is 68.0 Å². The van der Waals surface area contributed by atoms with Gasteiger partial charge in [-0.2, -0.15) is 0 Å². The molecule has 5 N–H and O–H groups in total. The van der Waals surface area contributed by atoms with Crippen molar-refractivity contribution in [1.29, 1.82) is 0 Å². The van der Waals surface area contributed by atoms with Crippen LogP contribution in [0, 0.1) is 17.8 Å². The monoisotopic (exact) mass is 606 g/mol. The van der Waals surface area contributed by atoms with Crippen LogP contribution in [0.4, 0.5) is 0 Å². The molecule has 1 fully saturated rings. The van der Waals surface area contributed by atoms with Crippen molar-refractivity contribution in [2.45, 2.75) is 90.3 Å². The summed E-state index contributed by atoms with van der Waals surface area (Å²) in [7, 11) is 0. The molecule has 0 amide bonds. The van der Waals surface area contributed by atoms with Crippen molar-refractivity contribution < 1.29 is 39.9 Å². The number of aliphatic carboxylic acids is 1. The van der Waals surface area contributed by atoms with Gasteiger partial charge in [0.25, 0.3) is 0 Å². The number of carboxylic acids is 1. The molecule has 8 nitrogen and oxygen atoms in total. The summed E-state index contributed by atoms with van der Waals surface area (Å²) in [5, 5.41) is 50.3. The summed E-state index contributed by atoms with van der Waals surface area (Å²) in [4.78, 5) is 23.2. The van der Waals surface area contributed by atoms with Crippen molar-refractivity contribution >= 4 is 23.5 Å². The number of allylic oxidation sites excluding steroid dienone is 11. The molecule has 0 heterocycles. The molecular formula is C33H47ClO8. The Morgan fingerprint density at radius 3 is 2.21 bits per heavy atom. The standard InChI is InChI=1S/C33H47ClO8/c1-22(2)11-5-8-14-26(35)20-27(36)21-30(38)24(4)28(34)15-9-6-12-23(3)13-7-10-16-32(39)42-31-19-25(33(40)41)17-18-29(31)37/h5-16,22,24-27,29-31,35-38H,17-21H2,1-4H3,(H,40,41)/b9-6+,11-5+,13-7+,14-8+,16-10+,23-12+,28-15-. The van der Waals surface area contributed by atoms with Gasteiger partial charge in [-0.15, -0.1) is 0 Å². The highest BCUT2D eigenvalue weighted by atomic mass is 35.5. The summed E-state index contributed by atoms with van der Waals surface area (Å²) in [6, 6.07) is 0. The summed E-state index contributed by atoms with van der Waals surface area (Å²) in [6.45, 7) is 7.73. The van der Waals surface area contributed by atoms with Gasteiger partial charge in [0.1, 0.15) is 6.10 Å². The first-order chi connectivity index (χ1) is 19.8. The minimum absolute atomic E-state index is 0.0800. The molecule has 0 bridgehead atoms. The molecule has 1 aliphatic carbocycles. The highest BCUT2D eigenvalue weighted by Gasteiger charge is 2.34. The van der Waals surface area contributed by atoms with Crippen molar-refractivity contribution in [2.75, 3.05) is 0 Å². The summed E-state index contributed by atoms with van der Waals surface area (Å²) in [5.74, 6) is -2.23. The molecule has 0 spiro atoms. The fourth-order valence-electron chi connectivity index (χ4n) is 4.16. The van der Waals surface area contributed by atoms with Gasteiger partial charge in [0.05, 0.1) is 30.3 Å². The van der Waals surface area contributed by atoms with Crippen molar-refractivity contribution in [3.63, 3.8) is 0 Å². The molecule has 0 saturated heterocycles. The Hall–Kier alpha value is -2.75. The first-order valence-electron chi connectivity index (χ1n) is 14.4. The Morgan fingerprint density at radius 1 is 0.905 bits per heavy atom. The highest BCUT2D eigenvalue weighted by Crippen LogP contribution is 2.27. The maximum absolute atomic E-state index is 12.0. The van der Waals surface area contributed by atoms with E-state index in [1.807, 2.05) is 25.2 Å². The number of carbonyl (C=O) groups is 2. The van der Waals surface area contributed by atoms with Crippen molar-refractivity contribution in [2.24, 2.45) is 17.8 Å². The maximum Gasteiger partial charge on any atom is 0.331 e. The van der Waals surface area contributed by atoms with Gasteiger partial charge in [0.15, 0.2) is 0 Å². The highest BCUT2D eigenvalue weighted by molar-refractivity contribution is 6.30. The number of rotatable bonds is 16. The smallest absolute Gasteiger partial charge is 0.331 e. The molecule has 234 valence electrons. The summed E-state index contributed by atoms with van der Waals surface area (Å²) >= 11 is 6.34. The predicted octanol–water partition coefficient (Wildman–Crippen LogP) is 5.15. The minimum Gasteiger partial charge on any atom is -0.481 e. The number of esters is 1. The van der Waals surface area contributed by atoms with Crippen LogP contribution in [0.25, 0.3) is 0 Å². The van der Waals surface area contributed by atoms with E-state index in [9.17, 15) is 30.0 Å². The number of halogens is 1. The number of hydrogen-bond acceptors (Lipinski definition) is 7. The number of carbonyl (C=O) groups excluding carboxylic acids is 1. The zero-order chi connectivity index (χ0) is 31.7. The second kappa shape index (κ2) is 20.2. The normalized spacial score (nSPS) is 23.9. The van der Waals surface area contributed by atoms with Gasteiger partial charge in [-0.1, -0.05) is 98.7 Å². The van der Waals surface area contributed by atoms with Gasteiger partial charge >= 0.3 is 11.9 Å². The first-order valence-corrected chi connectivity index (χ1v) is 14.7. The van der Waals surface area contributed by atoms with Crippen molar-refractivity contribution in [1.82, 2.24) is 0 Å². The first kappa shape index (κ1) is 37.3. The van der Waals surface area contributed by atoms with Gasteiger partial charge in [0, 0.05) is 29.9 Å². The van der Waals surface area contributed by atoms with Crippen LogP contribution in [0.2, 0.25) is 0 Å². The van der Waals surface area contributed by atoms with E-state index in [0.29, 0.717) is 17.4 Å². The van der Waals surface area contributed by atoms with Gasteiger partial charge in [-0.3, -0.25) is 4.79 Å². The van der Waals surface area contributed by atoms with E-state index in [1.165, 1.54) is 12.2 Å². The molecule has 1 aliphatic rings. The lowest BCUT2D eigenvalue weighted by Gasteiger charge is -2.30. The number of carboxylic acid groups (broad SMARTS) is 1. The van der Waals surface area contributed by atoms with Gasteiger partial charge < -0.3 is 30.3 Å². The molecule has 7 atom stereocenters. The molecule has 9 heteroatoms. The molecule has 1 saturated carbocycles. The van der Waals surface area contributed by atoms with Gasteiger partial charge in [-0.25, -0.2) is 4.79 Å². The molecule has 0 aromatic rings. The SMILES string of the molecule is CC(/C=C/C=C/C(=O)OC1CC(C(=O)O)CCC1O)=C\C=C\C=C(/Cl)C(C)C(O)CC(O)CC(O)/C=C/C=C/C(C)C. The number of hydrogen-bond donors (Lipinski definition) is 5. The molecule has 1 rings (SSSR count). The number of aliphatic hydroxyl groups is 4. The van der Waals surface area contributed by atoms with Crippen LogP contribution in [0.1, 0.15) is 59.8 Å². The third kappa shape index (κ3) is 16.0. The lowest BCUT2D eigenvalue weighted by Crippen LogP contribution is -2.39. The van der Waals surface area contributed by atoms with E-state index in [4.69, 9.17) is 21.4 Å². The average Bonchev–Trinajstić information content (AvgIpc) is 2.91. The van der Waals surface area contributed by atoms with Crippen LogP contribution in [0.15, 0.2) is 83.5 Å². The lowest BCUT2D eigenvalue weighted by atomic mass is 9.85. The topological polar surface area (TPSA) is 145 Å². The molecule has 42 heavy (non-hydrogen) atoms. The second-order valence-electron chi connectivity index (χ2n) is 11.0. The number of aliphatic hydroxyl groups excluding tert-OH is 4. The van der Waals surface area contributed by atoms with Crippen molar-refractivity contribution in [3.8, 4) is 0 Å². The van der Waals surface area contributed by atoms with E-state index in [-0.39, 0.29) is 25.7 Å². The quantitative estimate of drug-likeness (QED) is 0.0922. The van der Waals surface area contributed by atoms with Gasteiger partial charge in [0.2, 0.25) is 0 Å².